The van der Waals surface area contributed by atoms with Crippen molar-refractivity contribution in [3.05, 3.63) is 33.4 Å². The topological polar surface area (TPSA) is 105 Å². The Labute approximate surface area is 154 Å². The molecule has 1 aromatic carbocycles. The highest BCUT2D eigenvalue weighted by atomic mass is 127. The van der Waals surface area contributed by atoms with Crippen molar-refractivity contribution in [3.8, 4) is 0 Å². The molecule has 0 saturated carbocycles. The van der Waals surface area contributed by atoms with E-state index in [0.29, 0.717) is 5.56 Å². The number of rotatable bonds is 6. The minimum absolute atomic E-state index is 0.101. The predicted octanol–water partition coefficient (Wildman–Crippen LogP) is 2.25. The van der Waals surface area contributed by atoms with Crippen molar-refractivity contribution in [2.45, 2.75) is 26.4 Å². The van der Waals surface area contributed by atoms with Gasteiger partial charge in [-0.05, 0) is 67.6 Å². The molecule has 1 atom stereocenters. The molecule has 0 aromatic heterocycles. The summed E-state index contributed by atoms with van der Waals surface area (Å²) in [7, 11) is 0. The fraction of sp³-hybridized carbons (Fsp3) is 0.438. The van der Waals surface area contributed by atoms with Gasteiger partial charge in [-0.1, -0.05) is 0 Å². The number of carbonyl (C=O) groups is 3. The zero-order valence-electron chi connectivity index (χ0n) is 13.8. The van der Waals surface area contributed by atoms with Gasteiger partial charge in [0, 0.05) is 22.2 Å². The van der Waals surface area contributed by atoms with Crippen LogP contribution in [0.3, 0.4) is 0 Å². The van der Waals surface area contributed by atoms with Crippen LogP contribution in [0.25, 0.3) is 0 Å². The van der Waals surface area contributed by atoms with Crippen LogP contribution in [-0.2, 0) is 9.53 Å². The lowest BCUT2D eigenvalue weighted by atomic mass is 10.1. The van der Waals surface area contributed by atoms with Gasteiger partial charge in [0.2, 0.25) is 0 Å². The molecule has 0 aliphatic carbocycles. The lowest BCUT2D eigenvalue weighted by molar-refractivity contribution is -0.141. The van der Waals surface area contributed by atoms with Gasteiger partial charge in [-0.3, -0.25) is 9.59 Å². The number of alkyl carbamates (subject to hydrolysis) is 1. The van der Waals surface area contributed by atoms with Gasteiger partial charge < -0.3 is 20.5 Å². The second kappa shape index (κ2) is 8.86. The highest BCUT2D eigenvalue weighted by Gasteiger charge is 2.22. The summed E-state index contributed by atoms with van der Waals surface area (Å²) in [4.78, 5) is 34.8. The van der Waals surface area contributed by atoms with Crippen LogP contribution in [0.1, 0.15) is 31.1 Å². The van der Waals surface area contributed by atoms with Crippen LogP contribution in [0.15, 0.2) is 24.3 Å². The van der Waals surface area contributed by atoms with E-state index in [1.165, 1.54) is 0 Å². The number of carboxylic acid groups (broad SMARTS) is 1. The molecule has 3 N–H and O–H groups in total. The first-order chi connectivity index (χ1) is 11.1. The van der Waals surface area contributed by atoms with Crippen molar-refractivity contribution in [1.29, 1.82) is 0 Å². The summed E-state index contributed by atoms with van der Waals surface area (Å²) < 4.78 is 6.04. The van der Waals surface area contributed by atoms with Crippen molar-refractivity contribution >= 4 is 40.6 Å². The first kappa shape index (κ1) is 20.2. The molecule has 24 heavy (non-hydrogen) atoms. The molecule has 0 radical (unpaired) electrons. The maximum atomic E-state index is 12.0. The largest absolute Gasteiger partial charge is 0.481 e. The minimum atomic E-state index is -1.12. The second-order valence-corrected chi connectivity index (χ2v) is 7.38. The Kier molecular flexibility index (Phi) is 7.46. The van der Waals surface area contributed by atoms with E-state index in [4.69, 9.17) is 4.74 Å². The van der Waals surface area contributed by atoms with Crippen LogP contribution < -0.4 is 10.6 Å². The van der Waals surface area contributed by atoms with Crippen LogP contribution in [0.5, 0.6) is 0 Å². The summed E-state index contributed by atoms with van der Waals surface area (Å²) in [5, 5.41) is 14.1. The molecule has 0 fully saturated rings. The molecule has 1 rings (SSSR count). The SMILES string of the molecule is CC(C)(C)OC(=O)NCC(CNC(=O)c1ccc(I)cc1)C(=O)O. The summed E-state index contributed by atoms with van der Waals surface area (Å²) in [6.45, 7) is 4.89. The molecule has 0 heterocycles. The third kappa shape index (κ3) is 7.62. The van der Waals surface area contributed by atoms with Gasteiger partial charge in [-0.15, -0.1) is 0 Å². The van der Waals surface area contributed by atoms with Gasteiger partial charge in [-0.25, -0.2) is 4.79 Å². The molecule has 132 valence electrons. The summed E-state index contributed by atoms with van der Waals surface area (Å²) in [6, 6.07) is 6.89. The highest BCUT2D eigenvalue weighted by molar-refractivity contribution is 14.1. The molecule has 1 aromatic rings. The van der Waals surface area contributed by atoms with Crippen LogP contribution >= 0.6 is 22.6 Å². The molecule has 8 heteroatoms. The maximum Gasteiger partial charge on any atom is 0.407 e. The van der Waals surface area contributed by atoms with Crippen molar-refractivity contribution in [2.75, 3.05) is 13.1 Å². The summed E-state index contributed by atoms with van der Waals surface area (Å²) >= 11 is 2.13. The average Bonchev–Trinajstić information content (AvgIpc) is 2.45. The van der Waals surface area contributed by atoms with E-state index in [2.05, 4.69) is 33.2 Å². The van der Waals surface area contributed by atoms with E-state index in [-0.39, 0.29) is 19.0 Å². The number of hydrogen-bond donors (Lipinski definition) is 3. The molecular formula is C16H21IN2O5. The Balaban J connectivity index is 2.51. The second-order valence-electron chi connectivity index (χ2n) is 6.13. The fourth-order valence-electron chi connectivity index (χ4n) is 1.69. The lowest BCUT2D eigenvalue weighted by Gasteiger charge is -2.21. The molecule has 0 spiro atoms. The normalized spacial score (nSPS) is 12.2. The van der Waals surface area contributed by atoms with Crippen LogP contribution in [-0.4, -0.2) is 41.8 Å². The predicted molar refractivity (Wildman–Crippen MR) is 96.9 cm³/mol. The number of hydrogen-bond acceptors (Lipinski definition) is 4. The molecule has 1 unspecified atom stereocenters. The highest BCUT2D eigenvalue weighted by Crippen LogP contribution is 2.08. The smallest absolute Gasteiger partial charge is 0.407 e. The first-order valence-corrected chi connectivity index (χ1v) is 8.40. The van der Waals surface area contributed by atoms with Crippen molar-refractivity contribution in [2.24, 2.45) is 5.92 Å². The van der Waals surface area contributed by atoms with E-state index in [9.17, 15) is 19.5 Å². The number of aliphatic carboxylic acids is 1. The van der Waals surface area contributed by atoms with Gasteiger partial charge in [0.25, 0.3) is 5.91 Å². The van der Waals surface area contributed by atoms with E-state index in [0.717, 1.165) is 3.57 Å². The van der Waals surface area contributed by atoms with Crippen LogP contribution in [0.2, 0.25) is 0 Å². The van der Waals surface area contributed by atoms with Crippen LogP contribution in [0, 0.1) is 9.49 Å². The average molecular weight is 448 g/mol. The van der Waals surface area contributed by atoms with E-state index < -0.39 is 23.6 Å². The molecular weight excluding hydrogens is 427 g/mol. The van der Waals surface area contributed by atoms with Gasteiger partial charge in [-0.2, -0.15) is 0 Å². The number of amides is 2. The zero-order valence-corrected chi connectivity index (χ0v) is 15.9. The summed E-state index contributed by atoms with van der Waals surface area (Å²) in [5.41, 5.74) is -0.221. The number of halogens is 1. The molecule has 0 bridgehead atoms. The molecule has 7 nitrogen and oxygen atoms in total. The summed E-state index contributed by atoms with van der Waals surface area (Å²) in [5.74, 6) is -2.44. The first-order valence-electron chi connectivity index (χ1n) is 7.32. The molecule has 0 saturated heterocycles. The minimum Gasteiger partial charge on any atom is -0.481 e. The number of benzene rings is 1. The Morgan fingerprint density at radius 1 is 1.12 bits per heavy atom. The van der Waals surface area contributed by atoms with Gasteiger partial charge >= 0.3 is 12.1 Å². The Bertz CT molecular complexity index is 595. The molecule has 2 amide bonds. The van der Waals surface area contributed by atoms with Crippen LogP contribution in [0.4, 0.5) is 4.79 Å². The third-order valence-corrected chi connectivity index (χ3v) is 3.58. The van der Waals surface area contributed by atoms with Crippen molar-refractivity contribution < 1.29 is 24.2 Å². The Hall–Kier alpha value is -1.84. The maximum absolute atomic E-state index is 12.0. The fourth-order valence-corrected chi connectivity index (χ4v) is 2.05. The number of nitrogens with one attached hydrogen (secondary N) is 2. The Morgan fingerprint density at radius 3 is 2.17 bits per heavy atom. The Morgan fingerprint density at radius 2 is 1.67 bits per heavy atom. The van der Waals surface area contributed by atoms with E-state index in [1.807, 2.05) is 0 Å². The van der Waals surface area contributed by atoms with Gasteiger partial charge in [0.1, 0.15) is 5.60 Å². The number of ether oxygens (including phenoxy) is 1. The number of carbonyl (C=O) groups excluding carboxylic acids is 2. The van der Waals surface area contributed by atoms with E-state index >= 15 is 0 Å². The van der Waals surface area contributed by atoms with Crippen molar-refractivity contribution in [3.63, 3.8) is 0 Å². The quantitative estimate of drug-likeness (QED) is 0.580. The lowest BCUT2D eigenvalue weighted by Crippen LogP contribution is -2.41. The van der Waals surface area contributed by atoms with Gasteiger partial charge in [0.15, 0.2) is 0 Å². The monoisotopic (exact) mass is 448 g/mol. The van der Waals surface area contributed by atoms with Crippen molar-refractivity contribution in [1.82, 2.24) is 10.6 Å². The molecule has 0 aliphatic rings. The zero-order chi connectivity index (χ0) is 18.3. The standard InChI is InChI=1S/C16H21IN2O5/c1-16(2,3)24-15(23)19-9-11(14(21)22)8-18-13(20)10-4-6-12(17)7-5-10/h4-7,11H,8-9H2,1-3H3,(H,18,20)(H,19,23)(H,21,22). The third-order valence-electron chi connectivity index (χ3n) is 2.86. The number of carboxylic acids is 1. The summed E-state index contributed by atoms with van der Waals surface area (Å²) in [6.07, 6.45) is -0.697. The van der Waals surface area contributed by atoms with Gasteiger partial charge in [0.05, 0.1) is 5.92 Å². The van der Waals surface area contributed by atoms with E-state index in [1.54, 1.807) is 45.0 Å². The molecule has 0 aliphatic heterocycles.